The van der Waals surface area contributed by atoms with Crippen LogP contribution < -0.4 is 15.4 Å². The number of thiazole rings is 1. The fourth-order valence-corrected chi connectivity index (χ4v) is 5.77. The summed E-state index contributed by atoms with van der Waals surface area (Å²) in [6.07, 6.45) is 0. The maximum absolute atomic E-state index is 6.22. The van der Waals surface area contributed by atoms with Gasteiger partial charge in [0.05, 0.1) is 16.8 Å². The van der Waals surface area contributed by atoms with Crippen LogP contribution in [0.1, 0.15) is 18.1 Å². The molecule has 5 rings (SSSR count). The van der Waals surface area contributed by atoms with Gasteiger partial charge >= 0.3 is 0 Å². The van der Waals surface area contributed by atoms with Crippen molar-refractivity contribution in [1.82, 2.24) is 19.9 Å². The van der Waals surface area contributed by atoms with E-state index in [1.807, 2.05) is 75.4 Å². The van der Waals surface area contributed by atoms with E-state index < -0.39 is 0 Å². The summed E-state index contributed by atoms with van der Waals surface area (Å²) in [6.45, 7) is 6.55. The predicted octanol–water partition coefficient (Wildman–Crippen LogP) is 8.44. The number of anilines is 4. The average molecular weight is 570 g/mol. The van der Waals surface area contributed by atoms with Crippen molar-refractivity contribution in [2.75, 3.05) is 17.2 Å². The molecule has 0 radical (unpaired) electrons. The van der Waals surface area contributed by atoms with Crippen molar-refractivity contribution < 1.29 is 4.74 Å². The minimum atomic E-state index is 0.379. The molecule has 37 heavy (non-hydrogen) atoms. The van der Waals surface area contributed by atoms with Crippen LogP contribution in [0.25, 0.3) is 10.2 Å². The first kappa shape index (κ1) is 25.5. The number of rotatable bonds is 8. The van der Waals surface area contributed by atoms with E-state index in [0.29, 0.717) is 33.7 Å². The fourth-order valence-electron chi connectivity index (χ4n) is 3.47. The Morgan fingerprint density at radius 3 is 2.03 bits per heavy atom. The lowest BCUT2D eigenvalue weighted by atomic mass is 10.2. The molecule has 0 aliphatic carbocycles. The maximum Gasteiger partial charge on any atom is 0.233 e. The quantitative estimate of drug-likeness (QED) is 0.193. The first-order chi connectivity index (χ1) is 17.9. The molecule has 0 amide bonds. The second kappa shape index (κ2) is 11.1. The predicted molar refractivity (Wildman–Crippen MR) is 154 cm³/mol. The van der Waals surface area contributed by atoms with Gasteiger partial charge in [-0.1, -0.05) is 35.3 Å². The number of aromatic nitrogens is 4. The molecule has 3 aromatic carbocycles. The van der Waals surface area contributed by atoms with E-state index in [9.17, 15) is 0 Å². The number of ether oxygens (including phenoxy) is 1. The Labute approximate surface area is 232 Å². The monoisotopic (exact) mass is 568 g/mol. The third kappa shape index (κ3) is 6.24. The van der Waals surface area contributed by atoms with Gasteiger partial charge in [0.25, 0.3) is 0 Å². The molecule has 0 saturated carbocycles. The number of halogens is 2. The Balaban J connectivity index is 1.50. The maximum atomic E-state index is 6.22. The molecule has 0 atom stereocenters. The van der Waals surface area contributed by atoms with Crippen LogP contribution >= 0.6 is 46.3 Å². The van der Waals surface area contributed by atoms with E-state index >= 15 is 0 Å². The molecule has 0 aliphatic heterocycles. The summed E-state index contributed by atoms with van der Waals surface area (Å²) < 4.78 is 7.47. The van der Waals surface area contributed by atoms with Crippen molar-refractivity contribution in [1.29, 1.82) is 0 Å². The Morgan fingerprint density at radius 1 is 0.811 bits per heavy atom. The van der Waals surface area contributed by atoms with Gasteiger partial charge in [-0.05, 0) is 86.1 Å². The van der Waals surface area contributed by atoms with Gasteiger partial charge in [0, 0.05) is 21.4 Å². The summed E-state index contributed by atoms with van der Waals surface area (Å²) in [7, 11) is 0. The Kier molecular flexibility index (Phi) is 7.66. The van der Waals surface area contributed by atoms with Gasteiger partial charge in [0.2, 0.25) is 17.1 Å². The number of aryl methyl sites for hydroxylation is 2. The zero-order chi connectivity index (χ0) is 25.9. The van der Waals surface area contributed by atoms with E-state index in [2.05, 4.69) is 25.6 Å². The fraction of sp³-hybridized carbons (Fsp3) is 0.154. The molecule has 5 aromatic rings. The van der Waals surface area contributed by atoms with E-state index in [1.54, 1.807) is 11.3 Å². The highest BCUT2D eigenvalue weighted by molar-refractivity contribution is 8.01. The van der Waals surface area contributed by atoms with Gasteiger partial charge in [-0.15, -0.1) is 11.3 Å². The van der Waals surface area contributed by atoms with Crippen LogP contribution in [0, 0.1) is 13.8 Å². The molecule has 11 heteroatoms. The van der Waals surface area contributed by atoms with Crippen molar-refractivity contribution >= 4 is 79.8 Å². The second-order valence-electron chi connectivity index (χ2n) is 8.08. The molecule has 2 heterocycles. The molecule has 0 saturated heterocycles. The van der Waals surface area contributed by atoms with Crippen LogP contribution in [0.4, 0.5) is 23.3 Å². The smallest absolute Gasteiger partial charge is 0.233 e. The SMILES string of the molecule is CCOc1ccc2nc(Sc3nc(Nc4cc(Cl)ccc4C)nc(Nc4cc(Cl)ccc4C)n3)sc2c1. The molecule has 2 aromatic heterocycles. The van der Waals surface area contributed by atoms with Crippen LogP contribution in [-0.4, -0.2) is 26.5 Å². The highest BCUT2D eigenvalue weighted by atomic mass is 35.5. The zero-order valence-electron chi connectivity index (χ0n) is 20.2. The lowest BCUT2D eigenvalue weighted by molar-refractivity contribution is 0.341. The minimum absolute atomic E-state index is 0.379. The van der Waals surface area contributed by atoms with Crippen molar-refractivity contribution in [2.24, 2.45) is 0 Å². The summed E-state index contributed by atoms with van der Waals surface area (Å²) in [6, 6.07) is 17.1. The Bertz CT molecular complexity index is 1520. The van der Waals surface area contributed by atoms with Crippen molar-refractivity contribution in [3.05, 3.63) is 75.8 Å². The molecule has 2 N–H and O–H groups in total. The third-order valence-corrected chi connectivity index (χ3v) is 7.75. The van der Waals surface area contributed by atoms with Gasteiger partial charge in [0.15, 0.2) is 4.34 Å². The topological polar surface area (TPSA) is 84.9 Å². The van der Waals surface area contributed by atoms with Crippen molar-refractivity contribution in [2.45, 2.75) is 30.3 Å². The van der Waals surface area contributed by atoms with Crippen LogP contribution in [0.2, 0.25) is 10.0 Å². The van der Waals surface area contributed by atoms with Gasteiger partial charge in [-0.3, -0.25) is 0 Å². The lowest BCUT2D eigenvalue weighted by Crippen LogP contribution is -2.06. The summed E-state index contributed by atoms with van der Waals surface area (Å²) in [5.41, 5.74) is 4.53. The minimum Gasteiger partial charge on any atom is -0.494 e. The molecule has 7 nitrogen and oxygen atoms in total. The zero-order valence-corrected chi connectivity index (χ0v) is 23.3. The van der Waals surface area contributed by atoms with Crippen molar-refractivity contribution in [3.63, 3.8) is 0 Å². The number of hydrogen-bond donors (Lipinski definition) is 2. The average Bonchev–Trinajstić information content (AvgIpc) is 3.25. The normalized spacial score (nSPS) is 11.1. The van der Waals surface area contributed by atoms with E-state index in [-0.39, 0.29) is 0 Å². The van der Waals surface area contributed by atoms with Gasteiger partial charge in [-0.2, -0.15) is 15.0 Å². The number of benzene rings is 3. The van der Waals surface area contributed by atoms with Crippen LogP contribution in [0.3, 0.4) is 0 Å². The second-order valence-corrected chi connectivity index (χ2v) is 11.2. The van der Waals surface area contributed by atoms with E-state index in [1.165, 1.54) is 11.8 Å². The highest BCUT2D eigenvalue weighted by Gasteiger charge is 2.14. The van der Waals surface area contributed by atoms with Crippen molar-refractivity contribution in [3.8, 4) is 5.75 Å². The molecule has 0 aliphatic rings. The number of nitrogens with one attached hydrogen (secondary N) is 2. The third-order valence-electron chi connectivity index (χ3n) is 5.34. The largest absolute Gasteiger partial charge is 0.494 e. The first-order valence-corrected chi connectivity index (χ1v) is 13.8. The van der Waals surface area contributed by atoms with Crippen LogP contribution in [0.15, 0.2) is 64.1 Å². The first-order valence-electron chi connectivity index (χ1n) is 11.4. The van der Waals surface area contributed by atoms with Gasteiger partial charge in [0.1, 0.15) is 5.75 Å². The Morgan fingerprint density at radius 2 is 1.43 bits per heavy atom. The molecule has 0 bridgehead atoms. The summed E-state index contributed by atoms with van der Waals surface area (Å²) in [4.78, 5) is 18.7. The van der Waals surface area contributed by atoms with Gasteiger partial charge in [-0.25, -0.2) is 4.98 Å². The molecule has 0 fully saturated rings. The van der Waals surface area contributed by atoms with Gasteiger partial charge < -0.3 is 15.4 Å². The summed E-state index contributed by atoms with van der Waals surface area (Å²) in [5, 5.41) is 8.28. The number of nitrogens with zero attached hydrogens (tertiary/aromatic N) is 4. The van der Waals surface area contributed by atoms with E-state index in [0.717, 1.165) is 42.8 Å². The summed E-state index contributed by atoms with van der Waals surface area (Å²) in [5.74, 6) is 1.58. The molecular formula is C26H22Cl2N6OS2. The van der Waals surface area contributed by atoms with Crippen LogP contribution in [-0.2, 0) is 0 Å². The van der Waals surface area contributed by atoms with E-state index in [4.69, 9.17) is 32.9 Å². The molecule has 0 spiro atoms. The van der Waals surface area contributed by atoms with Crippen LogP contribution in [0.5, 0.6) is 5.75 Å². The molecule has 0 unspecified atom stereocenters. The number of fused-ring (bicyclic) bond motifs is 1. The molecular weight excluding hydrogens is 547 g/mol. The standard InChI is InChI=1S/C26H22Cl2N6OS2/c1-4-35-18-9-10-19-22(13-18)36-26(31-19)37-25-33-23(29-20-11-16(27)7-5-14(20)2)32-24(34-25)30-21-12-17(28)8-6-15(21)3/h5-13H,4H2,1-3H3,(H2,29,30,32,33,34). The highest BCUT2D eigenvalue weighted by Crippen LogP contribution is 2.35. The Hall–Kier alpha value is -3.11. The molecule has 188 valence electrons. The lowest BCUT2D eigenvalue weighted by Gasteiger charge is -2.12. The number of hydrogen-bond acceptors (Lipinski definition) is 9. The summed E-state index contributed by atoms with van der Waals surface area (Å²) >= 11 is 15.4.